The molecule has 0 aromatic rings. The third kappa shape index (κ3) is 3.32. The number of imide groups is 1. The molecule has 1 aliphatic rings. The number of hydroxylamine groups is 2. The number of amides is 2. The van der Waals surface area contributed by atoms with E-state index < -0.39 is 71.8 Å². The van der Waals surface area contributed by atoms with Crippen LogP contribution in [0.15, 0.2) is 0 Å². The van der Waals surface area contributed by atoms with Crippen LogP contribution in [0.5, 0.6) is 0 Å². The van der Waals surface area contributed by atoms with E-state index in [4.69, 9.17) is 24.4 Å². The zero-order valence-corrected chi connectivity index (χ0v) is 13.2. The van der Waals surface area contributed by atoms with Crippen molar-refractivity contribution in [2.75, 3.05) is 0 Å². The Kier molecular flexibility index (Phi) is 5.24. The predicted octanol–water partition coefficient (Wildman–Crippen LogP) is -4.52. The summed E-state index contributed by atoms with van der Waals surface area (Å²) in [6, 6.07) is 0. The lowest BCUT2D eigenvalue weighted by Crippen LogP contribution is -2.53. The maximum Gasteiger partial charge on any atom is 0.364 e. The number of carboxylic acid groups (broad SMARTS) is 1. The van der Waals surface area contributed by atoms with Gasteiger partial charge in [-0.3, -0.25) is 18.7 Å². The third-order valence-corrected chi connectivity index (χ3v) is 6.50. The van der Waals surface area contributed by atoms with Crippen molar-refractivity contribution in [1.82, 2.24) is 5.06 Å². The second-order valence-electron chi connectivity index (χ2n) is 4.51. The van der Waals surface area contributed by atoms with Crippen LogP contribution in [0.3, 0.4) is 0 Å². The summed E-state index contributed by atoms with van der Waals surface area (Å²) in [6.07, 6.45) is -7.51. The molecule has 15 nitrogen and oxygen atoms in total. The number of carbonyl (C=O) groups excluding carboxylic acids is 3. The SMILES string of the molecule is O=C(ON1C(=O)CC(S(=O)(=O)O)(S(=O)(=O)O)C1=O)[C@@H](O)[C@@H](O)C(=O)O. The Balaban J connectivity index is 3.26. The number of aliphatic hydroxyl groups excluding tert-OH is 2. The number of hydrogen-bond acceptors (Lipinski definition) is 11. The molecule has 0 radical (unpaired) electrons. The second-order valence-corrected chi connectivity index (χ2v) is 8.06. The van der Waals surface area contributed by atoms with Gasteiger partial charge < -0.3 is 20.2 Å². The first-order valence-corrected chi connectivity index (χ1v) is 8.58. The van der Waals surface area contributed by atoms with Crippen molar-refractivity contribution in [3.8, 4) is 0 Å². The summed E-state index contributed by atoms with van der Waals surface area (Å²) in [5.41, 5.74) is 0. The molecule has 0 unspecified atom stereocenters. The molecule has 2 amide bonds. The summed E-state index contributed by atoms with van der Waals surface area (Å²) in [7, 11) is -11.9. The van der Waals surface area contributed by atoms with Gasteiger partial charge in [0.05, 0.1) is 6.42 Å². The maximum atomic E-state index is 11.9. The van der Waals surface area contributed by atoms with Crippen molar-refractivity contribution in [2.45, 2.75) is 22.7 Å². The minimum atomic E-state index is -5.97. The highest BCUT2D eigenvalue weighted by Gasteiger charge is 2.70. The molecule has 17 heteroatoms. The molecule has 1 aliphatic heterocycles. The molecule has 0 aliphatic carbocycles. The number of carbonyl (C=O) groups is 4. The van der Waals surface area contributed by atoms with Crippen molar-refractivity contribution in [1.29, 1.82) is 0 Å². The van der Waals surface area contributed by atoms with Gasteiger partial charge in [0.25, 0.3) is 26.1 Å². The fourth-order valence-corrected chi connectivity index (χ4v) is 3.93. The van der Waals surface area contributed by atoms with E-state index in [0.29, 0.717) is 0 Å². The molecule has 1 heterocycles. The van der Waals surface area contributed by atoms with Gasteiger partial charge in [-0.1, -0.05) is 5.06 Å². The Labute approximate surface area is 137 Å². The van der Waals surface area contributed by atoms with E-state index in [2.05, 4.69) is 4.84 Å². The molecule has 0 aromatic carbocycles. The highest BCUT2D eigenvalue weighted by atomic mass is 32.3. The molecule has 0 bridgehead atoms. The second kappa shape index (κ2) is 6.28. The lowest BCUT2D eigenvalue weighted by Gasteiger charge is -2.20. The van der Waals surface area contributed by atoms with Crippen LogP contribution in [0.25, 0.3) is 0 Å². The van der Waals surface area contributed by atoms with Gasteiger partial charge in [0, 0.05) is 0 Å². The molecular formula is C8H9NO14S2. The number of carboxylic acids is 1. The molecule has 0 saturated carbocycles. The lowest BCUT2D eigenvalue weighted by molar-refractivity contribution is -0.207. The number of rotatable bonds is 6. The zero-order chi connectivity index (χ0) is 20.0. The lowest BCUT2D eigenvalue weighted by atomic mass is 10.2. The van der Waals surface area contributed by atoms with Crippen LogP contribution >= 0.6 is 0 Å². The molecule has 25 heavy (non-hydrogen) atoms. The van der Waals surface area contributed by atoms with Gasteiger partial charge in [-0.15, -0.1) is 0 Å². The molecule has 5 N–H and O–H groups in total. The molecule has 1 rings (SSSR count). The Morgan fingerprint density at radius 1 is 1.04 bits per heavy atom. The molecule has 0 aromatic heterocycles. The topological polar surface area (TPSA) is 250 Å². The van der Waals surface area contributed by atoms with Gasteiger partial charge in [0.2, 0.25) is 0 Å². The molecule has 2 atom stereocenters. The van der Waals surface area contributed by atoms with E-state index in [1.165, 1.54) is 0 Å². The monoisotopic (exact) mass is 407 g/mol. The average molecular weight is 407 g/mol. The van der Waals surface area contributed by atoms with Gasteiger partial charge in [0.1, 0.15) is 0 Å². The number of aliphatic hydroxyl groups is 2. The number of hydrogen-bond donors (Lipinski definition) is 5. The number of aliphatic carboxylic acids is 1. The minimum Gasteiger partial charge on any atom is -0.479 e. The van der Waals surface area contributed by atoms with Crippen LogP contribution in [-0.2, 0) is 44.3 Å². The van der Waals surface area contributed by atoms with E-state index in [1.807, 2.05) is 0 Å². The van der Waals surface area contributed by atoms with Crippen LogP contribution in [0.1, 0.15) is 6.42 Å². The first-order valence-electron chi connectivity index (χ1n) is 5.70. The van der Waals surface area contributed by atoms with Gasteiger partial charge in [-0.25, -0.2) is 9.59 Å². The van der Waals surface area contributed by atoms with Crippen molar-refractivity contribution < 1.29 is 65.3 Å². The highest BCUT2D eigenvalue weighted by molar-refractivity contribution is 8.06. The quantitative estimate of drug-likeness (QED) is 0.205. The van der Waals surface area contributed by atoms with Crippen LogP contribution in [0.2, 0.25) is 0 Å². The molecule has 1 saturated heterocycles. The Bertz CT molecular complexity index is 808. The number of nitrogens with zero attached hydrogens (tertiary/aromatic N) is 1. The largest absolute Gasteiger partial charge is 0.479 e. The summed E-state index contributed by atoms with van der Waals surface area (Å²) in [4.78, 5) is 49.1. The van der Waals surface area contributed by atoms with Crippen molar-refractivity contribution in [2.24, 2.45) is 0 Å². The Hall–Kier alpha value is -2.18. The van der Waals surface area contributed by atoms with Gasteiger partial charge in [-0.05, 0) is 0 Å². The zero-order valence-electron chi connectivity index (χ0n) is 11.5. The molecule has 0 spiro atoms. The Morgan fingerprint density at radius 2 is 1.48 bits per heavy atom. The predicted molar refractivity (Wildman–Crippen MR) is 68.0 cm³/mol. The van der Waals surface area contributed by atoms with Crippen molar-refractivity contribution in [3.63, 3.8) is 0 Å². The fourth-order valence-electron chi connectivity index (χ4n) is 1.65. The van der Waals surface area contributed by atoms with Crippen LogP contribution < -0.4 is 0 Å². The fraction of sp³-hybridized carbons (Fsp3) is 0.500. The summed E-state index contributed by atoms with van der Waals surface area (Å²) >= 11 is 0. The van der Waals surface area contributed by atoms with Crippen LogP contribution in [0, 0.1) is 0 Å². The van der Waals surface area contributed by atoms with E-state index in [0.717, 1.165) is 0 Å². The smallest absolute Gasteiger partial charge is 0.364 e. The summed E-state index contributed by atoms with van der Waals surface area (Å²) in [5.74, 6) is -8.55. The molecule has 1 fully saturated rings. The van der Waals surface area contributed by atoms with Crippen molar-refractivity contribution >= 4 is 44.0 Å². The normalized spacial score (nSPS) is 20.2. The van der Waals surface area contributed by atoms with E-state index in [9.17, 15) is 36.0 Å². The van der Waals surface area contributed by atoms with E-state index in [-0.39, 0.29) is 0 Å². The minimum absolute atomic E-state index is 0.818. The van der Waals surface area contributed by atoms with Crippen LogP contribution in [0.4, 0.5) is 0 Å². The summed E-state index contributed by atoms with van der Waals surface area (Å²) in [5, 5.41) is 25.6. The van der Waals surface area contributed by atoms with E-state index in [1.54, 1.807) is 0 Å². The average Bonchev–Trinajstić information content (AvgIpc) is 2.69. The van der Waals surface area contributed by atoms with Gasteiger partial charge >= 0.3 is 21.9 Å². The first-order chi connectivity index (χ1) is 11.1. The molecular weight excluding hydrogens is 398 g/mol. The standard InChI is InChI=1S/C8H9NO14S2/c10-2-1-8(24(17,18)19,25(20,21)22)7(16)9(2)23-6(15)4(12)3(11)5(13)14/h3-4,11-12H,1H2,(H,13,14)(H,17,18,19)(H,20,21,22)/t3-,4+/m1/s1. The first kappa shape index (κ1) is 20.9. The Morgan fingerprint density at radius 3 is 1.80 bits per heavy atom. The molecule has 142 valence electrons. The highest BCUT2D eigenvalue weighted by Crippen LogP contribution is 2.36. The van der Waals surface area contributed by atoms with Gasteiger partial charge in [0.15, 0.2) is 12.2 Å². The van der Waals surface area contributed by atoms with Crippen LogP contribution in [-0.4, -0.2) is 86.4 Å². The third-order valence-electron chi connectivity index (χ3n) is 2.93. The van der Waals surface area contributed by atoms with E-state index >= 15 is 0 Å². The summed E-state index contributed by atoms with van der Waals surface area (Å²) < 4.78 is 58.7. The maximum absolute atomic E-state index is 11.9. The summed E-state index contributed by atoms with van der Waals surface area (Å²) in [6.45, 7) is 0. The van der Waals surface area contributed by atoms with Gasteiger partial charge in [-0.2, -0.15) is 16.8 Å². The van der Waals surface area contributed by atoms with Crippen molar-refractivity contribution in [3.05, 3.63) is 0 Å².